The Morgan fingerprint density at radius 3 is 2.70 bits per heavy atom. The monoisotopic (exact) mass is 306 g/mol. The summed E-state index contributed by atoms with van der Waals surface area (Å²) in [6.45, 7) is 4.02. The van der Waals surface area contributed by atoms with Gasteiger partial charge in [-0.2, -0.15) is 24.9 Å². The average molecular weight is 306 g/mol. The molecule has 0 bridgehead atoms. The lowest BCUT2D eigenvalue weighted by molar-refractivity contribution is -0.388. The van der Waals surface area contributed by atoms with E-state index in [1.54, 1.807) is 17.8 Å². The van der Waals surface area contributed by atoms with E-state index in [0.29, 0.717) is 12.3 Å². The lowest BCUT2D eigenvalue weighted by Gasteiger charge is -2.11. The Labute approximate surface area is 118 Å². The van der Waals surface area contributed by atoms with Crippen LogP contribution in [0.5, 0.6) is 0 Å². The van der Waals surface area contributed by atoms with Crippen molar-refractivity contribution in [1.82, 2.24) is 0 Å². The normalized spacial score (nSPS) is 11.2. The summed E-state index contributed by atoms with van der Waals surface area (Å²) in [5.41, 5.74) is -1.97. The number of anilines is 1. The summed E-state index contributed by atoms with van der Waals surface area (Å²) < 4.78 is 38.2. The van der Waals surface area contributed by atoms with Gasteiger partial charge >= 0.3 is 6.18 Å². The van der Waals surface area contributed by atoms with Crippen LogP contribution in [0, 0.1) is 10.1 Å². The first-order valence-electron chi connectivity index (χ1n) is 5.64. The minimum Gasteiger partial charge on any atom is -0.384 e. The van der Waals surface area contributed by atoms with Crippen LogP contribution in [-0.4, -0.2) is 23.0 Å². The number of nitrogens with zero attached hydrogens (tertiary/aromatic N) is 1. The van der Waals surface area contributed by atoms with Gasteiger partial charge in [0, 0.05) is 29.8 Å². The summed E-state index contributed by atoms with van der Waals surface area (Å²) in [6.07, 6.45) is -3.02. The Bertz CT molecular complexity index is 492. The van der Waals surface area contributed by atoms with Crippen molar-refractivity contribution in [2.45, 2.75) is 6.18 Å². The summed E-state index contributed by atoms with van der Waals surface area (Å²) in [5.74, 6) is 1.46. The molecule has 0 radical (unpaired) electrons. The van der Waals surface area contributed by atoms with Crippen molar-refractivity contribution in [3.05, 3.63) is 46.5 Å². The van der Waals surface area contributed by atoms with Gasteiger partial charge in [0.2, 0.25) is 0 Å². The summed E-state index contributed by atoms with van der Waals surface area (Å²) >= 11 is 1.58. The van der Waals surface area contributed by atoms with Crippen molar-refractivity contribution in [2.24, 2.45) is 0 Å². The fourth-order valence-electron chi connectivity index (χ4n) is 1.47. The number of nitro benzene ring substituents is 1. The van der Waals surface area contributed by atoms with Crippen LogP contribution in [0.15, 0.2) is 30.9 Å². The number of thioether (sulfide) groups is 1. The highest BCUT2D eigenvalue weighted by molar-refractivity contribution is 7.99. The Kier molecular flexibility index (Phi) is 5.87. The number of alkyl halides is 3. The molecule has 0 amide bonds. The molecule has 110 valence electrons. The molecule has 0 spiro atoms. The van der Waals surface area contributed by atoms with Gasteiger partial charge in [-0.3, -0.25) is 10.1 Å². The molecule has 0 unspecified atom stereocenters. The molecule has 1 aromatic carbocycles. The minimum absolute atomic E-state index is 0.210. The van der Waals surface area contributed by atoms with Crippen molar-refractivity contribution in [2.75, 3.05) is 23.4 Å². The SMILES string of the molecule is C=CCSCCNc1ccc([N+](=O)[O-])c(C(F)(F)F)c1. The molecule has 1 N–H and O–H groups in total. The highest BCUT2D eigenvalue weighted by Gasteiger charge is 2.38. The minimum atomic E-state index is -4.75. The smallest absolute Gasteiger partial charge is 0.384 e. The number of rotatable bonds is 7. The van der Waals surface area contributed by atoms with Gasteiger partial charge in [0.1, 0.15) is 5.56 Å². The molecule has 1 aromatic rings. The highest BCUT2D eigenvalue weighted by atomic mass is 32.2. The Morgan fingerprint density at radius 2 is 2.15 bits per heavy atom. The van der Waals surface area contributed by atoms with Gasteiger partial charge in [-0.15, -0.1) is 6.58 Å². The third-order valence-corrected chi connectivity index (χ3v) is 3.27. The van der Waals surface area contributed by atoms with Gasteiger partial charge in [-0.1, -0.05) is 6.08 Å². The van der Waals surface area contributed by atoms with Gasteiger partial charge in [0.15, 0.2) is 0 Å². The molecule has 0 saturated carbocycles. The van der Waals surface area contributed by atoms with E-state index in [1.165, 1.54) is 6.07 Å². The molecule has 0 aliphatic heterocycles. The van der Waals surface area contributed by atoms with Gasteiger partial charge in [-0.05, 0) is 12.1 Å². The summed E-state index contributed by atoms with van der Waals surface area (Å²) in [6, 6.07) is 2.89. The van der Waals surface area contributed by atoms with Crippen LogP contribution < -0.4 is 5.32 Å². The van der Waals surface area contributed by atoms with E-state index in [9.17, 15) is 23.3 Å². The molecule has 0 saturated heterocycles. The van der Waals surface area contributed by atoms with E-state index < -0.39 is 22.4 Å². The Balaban J connectivity index is 2.80. The first kappa shape index (κ1) is 16.4. The predicted octanol–water partition coefficient (Wildman–Crippen LogP) is 3.94. The maximum absolute atomic E-state index is 12.7. The molecule has 4 nitrogen and oxygen atoms in total. The zero-order valence-corrected chi connectivity index (χ0v) is 11.3. The highest BCUT2D eigenvalue weighted by Crippen LogP contribution is 2.37. The average Bonchev–Trinajstić information content (AvgIpc) is 2.37. The van der Waals surface area contributed by atoms with Crippen molar-refractivity contribution in [3.8, 4) is 0 Å². The molecule has 0 atom stereocenters. The Morgan fingerprint density at radius 1 is 1.45 bits per heavy atom. The van der Waals surface area contributed by atoms with Crippen molar-refractivity contribution in [3.63, 3.8) is 0 Å². The quantitative estimate of drug-likeness (QED) is 0.359. The fourth-order valence-corrected chi connectivity index (χ4v) is 2.05. The molecule has 1 rings (SSSR count). The largest absolute Gasteiger partial charge is 0.423 e. The topological polar surface area (TPSA) is 55.2 Å². The second kappa shape index (κ2) is 7.18. The first-order valence-corrected chi connectivity index (χ1v) is 6.80. The first-order chi connectivity index (χ1) is 9.36. The molecule has 0 aromatic heterocycles. The van der Waals surface area contributed by atoms with Crippen LogP contribution in [0.25, 0.3) is 0 Å². The van der Waals surface area contributed by atoms with Crippen LogP contribution in [0.1, 0.15) is 5.56 Å². The van der Waals surface area contributed by atoms with E-state index in [2.05, 4.69) is 11.9 Å². The van der Waals surface area contributed by atoms with E-state index >= 15 is 0 Å². The van der Waals surface area contributed by atoms with Crippen LogP contribution >= 0.6 is 11.8 Å². The number of halogens is 3. The van der Waals surface area contributed by atoms with Crippen molar-refractivity contribution >= 4 is 23.1 Å². The summed E-state index contributed by atoms with van der Waals surface area (Å²) in [4.78, 5) is 9.55. The molecule has 20 heavy (non-hydrogen) atoms. The zero-order valence-electron chi connectivity index (χ0n) is 10.4. The van der Waals surface area contributed by atoms with E-state index in [4.69, 9.17) is 0 Å². The van der Waals surface area contributed by atoms with E-state index in [0.717, 1.165) is 17.9 Å². The van der Waals surface area contributed by atoms with Crippen molar-refractivity contribution in [1.29, 1.82) is 0 Å². The lowest BCUT2D eigenvalue weighted by atomic mass is 10.1. The van der Waals surface area contributed by atoms with Crippen LogP contribution in [0.3, 0.4) is 0 Å². The summed E-state index contributed by atoms with van der Waals surface area (Å²) in [5, 5.41) is 13.4. The second-order valence-electron chi connectivity index (χ2n) is 3.78. The maximum Gasteiger partial charge on any atom is 0.423 e. The standard InChI is InChI=1S/C12H13F3N2O2S/c1-2-6-20-7-5-16-9-3-4-11(17(18)19)10(8-9)12(13,14)15/h2-4,8,16H,1,5-7H2. The van der Waals surface area contributed by atoms with E-state index in [1.807, 2.05) is 0 Å². The maximum atomic E-state index is 12.7. The number of benzene rings is 1. The molecule has 0 heterocycles. The zero-order chi connectivity index (χ0) is 15.2. The fraction of sp³-hybridized carbons (Fsp3) is 0.333. The Hall–Kier alpha value is -1.70. The predicted molar refractivity (Wildman–Crippen MR) is 74.1 cm³/mol. The van der Waals surface area contributed by atoms with Gasteiger partial charge in [-0.25, -0.2) is 0 Å². The second-order valence-corrected chi connectivity index (χ2v) is 4.93. The molecular formula is C12H13F3N2O2S. The third-order valence-electron chi connectivity index (χ3n) is 2.31. The van der Waals surface area contributed by atoms with Gasteiger partial charge in [0.25, 0.3) is 5.69 Å². The van der Waals surface area contributed by atoms with E-state index in [-0.39, 0.29) is 5.69 Å². The molecular weight excluding hydrogens is 293 g/mol. The van der Waals surface area contributed by atoms with Crippen LogP contribution in [0.4, 0.5) is 24.5 Å². The number of hydrogen-bond donors (Lipinski definition) is 1. The van der Waals surface area contributed by atoms with Gasteiger partial charge < -0.3 is 5.32 Å². The molecule has 0 aliphatic rings. The number of nitro groups is 1. The van der Waals surface area contributed by atoms with Crippen LogP contribution in [-0.2, 0) is 6.18 Å². The third kappa shape index (κ3) is 4.76. The summed E-state index contributed by atoms with van der Waals surface area (Å²) in [7, 11) is 0. The number of hydrogen-bond acceptors (Lipinski definition) is 4. The molecule has 8 heteroatoms. The van der Waals surface area contributed by atoms with Gasteiger partial charge in [0.05, 0.1) is 4.92 Å². The van der Waals surface area contributed by atoms with Crippen molar-refractivity contribution < 1.29 is 18.1 Å². The molecule has 0 aliphatic carbocycles. The molecule has 0 fully saturated rings. The van der Waals surface area contributed by atoms with Crippen LogP contribution in [0.2, 0.25) is 0 Å². The number of nitrogens with one attached hydrogen (secondary N) is 1. The lowest BCUT2D eigenvalue weighted by Crippen LogP contribution is -2.11.